The molecule has 3 rings (SSSR count). The van der Waals surface area contributed by atoms with E-state index < -0.39 is 40.7 Å². The molecule has 8 nitrogen and oxygen atoms in total. The van der Waals surface area contributed by atoms with Gasteiger partial charge in [-0.05, 0) is 36.8 Å². The molecule has 0 saturated carbocycles. The predicted octanol–water partition coefficient (Wildman–Crippen LogP) is 0.521. The Hall–Kier alpha value is -1.82. The Balaban J connectivity index is 1.84. The van der Waals surface area contributed by atoms with Crippen LogP contribution in [0.1, 0.15) is 12.1 Å². The molecular formula is C16H18N2O6S3. The summed E-state index contributed by atoms with van der Waals surface area (Å²) in [6.45, 7) is -0.0407. The second-order valence-corrected chi connectivity index (χ2v) is 12.4. The van der Waals surface area contributed by atoms with Gasteiger partial charge in [0.15, 0.2) is 19.7 Å². The highest BCUT2D eigenvalue weighted by Gasteiger charge is 2.38. The van der Waals surface area contributed by atoms with E-state index in [1.807, 2.05) is 0 Å². The quantitative estimate of drug-likeness (QED) is 0.708. The molecule has 1 aromatic carbocycles. The van der Waals surface area contributed by atoms with Gasteiger partial charge in [-0.25, -0.2) is 30.0 Å². The zero-order chi connectivity index (χ0) is 19.7. The molecule has 11 heteroatoms. The lowest BCUT2D eigenvalue weighted by atomic mass is 10.4. The molecule has 0 unspecified atom stereocenters. The molecule has 0 bridgehead atoms. The van der Waals surface area contributed by atoms with Gasteiger partial charge in [-0.15, -0.1) is 0 Å². The maximum absolute atomic E-state index is 12.7. The molecule has 1 aromatic heterocycles. The molecule has 0 amide bonds. The summed E-state index contributed by atoms with van der Waals surface area (Å²) < 4.78 is 75.9. The van der Waals surface area contributed by atoms with Crippen LogP contribution < -0.4 is 4.72 Å². The highest BCUT2D eigenvalue weighted by Crippen LogP contribution is 2.26. The second-order valence-electron chi connectivity index (χ2n) is 6.19. The number of hydrogen-bond donors (Lipinski definition) is 1. The van der Waals surface area contributed by atoms with Crippen molar-refractivity contribution in [2.45, 2.75) is 28.0 Å². The van der Waals surface area contributed by atoms with Crippen LogP contribution in [-0.2, 0) is 36.2 Å². The fraction of sp³-hybridized carbons (Fsp3) is 0.312. The summed E-state index contributed by atoms with van der Waals surface area (Å²) in [5, 5.41) is -1.05. The van der Waals surface area contributed by atoms with Gasteiger partial charge in [0.05, 0.1) is 38.8 Å². The van der Waals surface area contributed by atoms with Crippen LogP contribution in [0.25, 0.3) is 0 Å². The molecule has 0 radical (unpaired) electrons. The van der Waals surface area contributed by atoms with Gasteiger partial charge in [-0.1, -0.05) is 12.1 Å². The van der Waals surface area contributed by atoms with Crippen molar-refractivity contribution >= 4 is 29.7 Å². The first-order valence-electron chi connectivity index (χ1n) is 8.04. The minimum atomic E-state index is -3.96. The SMILES string of the molecule is O=S1(=O)CC[C@H](S(=O)(=O)c2cccc(S(=O)(=O)NCc3ccccn3)c2)C1. The van der Waals surface area contributed by atoms with E-state index in [2.05, 4.69) is 9.71 Å². The second kappa shape index (κ2) is 7.30. The van der Waals surface area contributed by atoms with Gasteiger partial charge in [0.25, 0.3) is 0 Å². The molecule has 1 aliphatic heterocycles. The molecule has 1 aliphatic rings. The number of nitrogens with one attached hydrogen (secondary N) is 1. The number of aromatic nitrogens is 1. The van der Waals surface area contributed by atoms with E-state index >= 15 is 0 Å². The van der Waals surface area contributed by atoms with Crippen LogP contribution in [0.4, 0.5) is 0 Å². The molecule has 1 fully saturated rings. The van der Waals surface area contributed by atoms with Crippen molar-refractivity contribution in [1.82, 2.24) is 9.71 Å². The lowest BCUT2D eigenvalue weighted by molar-refractivity contribution is 0.578. The van der Waals surface area contributed by atoms with Gasteiger partial charge in [-0.3, -0.25) is 4.98 Å². The van der Waals surface area contributed by atoms with E-state index in [1.165, 1.54) is 24.4 Å². The Morgan fingerprint density at radius 3 is 2.41 bits per heavy atom. The third-order valence-corrected chi connectivity index (χ3v) is 9.81. The number of benzene rings is 1. The van der Waals surface area contributed by atoms with Crippen LogP contribution in [0.3, 0.4) is 0 Å². The number of sulfone groups is 2. The van der Waals surface area contributed by atoms with Crippen molar-refractivity contribution in [3.05, 3.63) is 54.4 Å². The number of sulfonamides is 1. The molecule has 2 aromatic rings. The van der Waals surface area contributed by atoms with E-state index in [-0.39, 0.29) is 28.5 Å². The van der Waals surface area contributed by atoms with Crippen molar-refractivity contribution < 1.29 is 25.3 Å². The Bertz CT molecular complexity index is 1140. The van der Waals surface area contributed by atoms with E-state index in [4.69, 9.17) is 0 Å². The van der Waals surface area contributed by atoms with Crippen molar-refractivity contribution in [3.63, 3.8) is 0 Å². The van der Waals surface area contributed by atoms with Gasteiger partial charge < -0.3 is 0 Å². The summed E-state index contributed by atoms with van der Waals surface area (Å²) in [5.41, 5.74) is 0.515. The van der Waals surface area contributed by atoms with Crippen LogP contribution >= 0.6 is 0 Å². The van der Waals surface area contributed by atoms with Gasteiger partial charge in [0, 0.05) is 6.20 Å². The highest BCUT2D eigenvalue weighted by atomic mass is 32.2. The van der Waals surface area contributed by atoms with Crippen LogP contribution in [0.15, 0.2) is 58.5 Å². The van der Waals surface area contributed by atoms with Crippen molar-refractivity contribution in [2.24, 2.45) is 0 Å². The van der Waals surface area contributed by atoms with Gasteiger partial charge in [0.2, 0.25) is 10.0 Å². The van der Waals surface area contributed by atoms with Crippen molar-refractivity contribution in [1.29, 1.82) is 0 Å². The van der Waals surface area contributed by atoms with E-state index in [1.54, 1.807) is 18.2 Å². The van der Waals surface area contributed by atoms with Gasteiger partial charge in [-0.2, -0.15) is 0 Å². The summed E-state index contributed by atoms with van der Waals surface area (Å²) in [6, 6.07) is 10.0. The van der Waals surface area contributed by atoms with E-state index in [0.29, 0.717) is 5.69 Å². The standard InChI is InChI=1S/C16H18N2O6S3/c19-25(20)9-7-16(12-25)26(21,22)14-5-3-6-15(10-14)27(23,24)18-11-13-4-1-2-8-17-13/h1-6,8,10,16,18H,7,9,11-12H2/t16-/m0/s1. The fourth-order valence-corrected chi connectivity index (χ4v) is 8.29. The van der Waals surface area contributed by atoms with Crippen molar-refractivity contribution in [2.75, 3.05) is 11.5 Å². The summed E-state index contributed by atoms with van der Waals surface area (Å²) in [7, 11) is -11.3. The average Bonchev–Trinajstić information content (AvgIpc) is 3.02. The third kappa shape index (κ3) is 4.54. The smallest absolute Gasteiger partial charge is 0.240 e. The highest BCUT2D eigenvalue weighted by molar-refractivity contribution is 7.96. The van der Waals surface area contributed by atoms with E-state index in [9.17, 15) is 25.3 Å². The Kier molecular flexibility index (Phi) is 5.39. The van der Waals surface area contributed by atoms with Gasteiger partial charge in [0.1, 0.15) is 0 Å². The summed E-state index contributed by atoms with van der Waals surface area (Å²) in [6.07, 6.45) is 1.55. The van der Waals surface area contributed by atoms with Crippen LogP contribution in [0, 0.1) is 0 Å². The van der Waals surface area contributed by atoms with E-state index in [0.717, 1.165) is 6.07 Å². The number of hydrogen-bond acceptors (Lipinski definition) is 7. The maximum atomic E-state index is 12.7. The van der Waals surface area contributed by atoms with Crippen molar-refractivity contribution in [3.8, 4) is 0 Å². The van der Waals surface area contributed by atoms with Gasteiger partial charge >= 0.3 is 0 Å². The third-order valence-electron chi connectivity index (χ3n) is 4.24. The zero-order valence-electron chi connectivity index (χ0n) is 14.1. The lowest BCUT2D eigenvalue weighted by Crippen LogP contribution is -2.25. The average molecular weight is 431 g/mol. The largest absolute Gasteiger partial charge is 0.260 e. The molecule has 146 valence electrons. The number of pyridine rings is 1. The molecule has 1 saturated heterocycles. The molecule has 0 aliphatic carbocycles. The summed E-state index contributed by atoms with van der Waals surface area (Å²) in [4.78, 5) is 3.61. The first-order valence-corrected chi connectivity index (χ1v) is 12.9. The van der Waals surface area contributed by atoms with Crippen LogP contribution in [0.5, 0.6) is 0 Å². The fourth-order valence-electron chi connectivity index (χ4n) is 2.77. The minimum absolute atomic E-state index is 0.0135. The summed E-state index contributed by atoms with van der Waals surface area (Å²) in [5.74, 6) is -0.620. The first kappa shape index (κ1) is 19.9. The monoisotopic (exact) mass is 430 g/mol. The molecule has 27 heavy (non-hydrogen) atoms. The topological polar surface area (TPSA) is 127 Å². The molecule has 0 spiro atoms. The molecular weight excluding hydrogens is 412 g/mol. The molecule has 1 atom stereocenters. The number of rotatable bonds is 6. The first-order chi connectivity index (χ1) is 12.6. The minimum Gasteiger partial charge on any atom is -0.260 e. The number of nitrogens with zero attached hydrogens (tertiary/aromatic N) is 1. The predicted molar refractivity (Wildman–Crippen MR) is 98.9 cm³/mol. The van der Waals surface area contributed by atoms with Crippen LogP contribution in [0.2, 0.25) is 0 Å². The Morgan fingerprint density at radius 2 is 1.78 bits per heavy atom. The zero-order valence-corrected chi connectivity index (χ0v) is 16.6. The lowest BCUT2D eigenvalue weighted by Gasteiger charge is -2.12. The Labute approximate surface area is 158 Å². The Morgan fingerprint density at radius 1 is 1.04 bits per heavy atom. The van der Waals surface area contributed by atoms with Crippen LogP contribution in [-0.4, -0.2) is 47.0 Å². The normalized spacial score (nSPS) is 19.8. The maximum Gasteiger partial charge on any atom is 0.240 e. The molecule has 1 N–H and O–H groups in total. The summed E-state index contributed by atoms with van der Waals surface area (Å²) >= 11 is 0. The molecule has 2 heterocycles.